The number of rotatable bonds is 6. The Morgan fingerprint density at radius 2 is 1.48 bits per heavy atom. The number of carbonyl (C=O) groups excluding carboxylic acids is 1. The minimum atomic E-state index is -0.127. The molecule has 0 bridgehead atoms. The Kier molecular flexibility index (Phi) is 6.08. The van der Waals surface area contributed by atoms with Crippen LogP contribution in [0.2, 0.25) is 0 Å². The van der Waals surface area contributed by atoms with Crippen molar-refractivity contribution in [3.05, 3.63) is 102 Å². The van der Waals surface area contributed by atoms with E-state index in [4.69, 9.17) is 4.74 Å². The molecule has 1 saturated heterocycles. The van der Waals surface area contributed by atoms with Crippen molar-refractivity contribution in [2.45, 2.75) is 50.2 Å². The van der Waals surface area contributed by atoms with Crippen LogP contribution >= 0.6 is 0 Å². The van der Waals surface area contributed by atoms with E-state index in [0.29, 0.717) is 19.0 Å². The lowest BCUT2D eigenvalue weighted by atomic mass is 9.73. The third-order valence-corrected chi connectivity index (χ3v) is 7.48. The molecule has 2 aliphatic rings. The lowest BCUT2D eigenvalue weighted by Gasteiger charge is -2.42. The Bertz CT molecular complexity index is 1080. The highest BCUT2D eigenvalue weighted by Crippen LogP contribution is 2.45. The molecule has 4 heteroatoms. The summed E-state index contributed by atoms with van der Waals surface area (Å²) in [5.74, 6) is 1.42. The first kappa shape index (κ1) is 21.6. The molecule has 0 N–H and O–H groups in total. The fourth-order valence-electron chi connectivity index (χ4n) is 5.69. The SMILES string of the molecule is COc1ccccc1CN1C(=O)N(Cc2ccccc2)CC12CCC(c1ccccc1)CC2. The predicted molar refractivity (Wildman–Crippen MR) is 131 cm³/mol. The van der Waals surface area contributed by atoms with E-state index in [1.54, 1.807) is 7.11 Å². The molecule has 1 aliphatic heterocycles. The van der Waals surface area contributed by atoms with Gasteiger partial charge in [0.2, 0.25) is 0 Å². The van der Waals surface area contributed by atoms with Gasteiger partial charge in [0, 0.05) is 18.7 Å². The van der Waals surface area contributed by atoms with Crippen LogP contribution in [0, 0.1) is 0 Å². The third-order valence-electron chi connectivity index (χ3n) is 7.48. The summed E-state index contributed by atoms with van der Waals surface area (Å²) in [4.78, 5) is 17.9. The molecule has 0 atom stereocenters. The highest BCUT2D eigenvalue weighted by molar-refractivity contribution is 5.78. The molecule has 1 aliphatic carbocycles. The summed E-state index contributed by atoms with van der Waals surface area (Å²) in [6.07, 6.45) is 4.27. The molecule has 33 heavy (non-hydrogen) atoms. The summed E-state index contributed by atoms with van der Waals surface area (Å²) in [6, 6.07) is 29.4. The minimum absolute atomic E-state index is 0.127. The van der Waals surface area contributed by atoms with E-state index in [1.807, 2.05) is 41.3 Å². The monoisotopic (exact) mass is 440 g/mol. The number of amides is 2. The van der Waals surface area contributed by atoms with Gasteiger partial charge in [-0.2, -0.15) is 0 Å². The van der Waals surface area contributed by atoms with Crippen molar-refractivity contribution in [3.63, 3.8) is 0 Å². The zero-order valence-corrected chi connectivity index (χ0v) is 19.3. The standard InChI is InChI=1S/C29H32N2O2/c1-33-27-15-9-8-14-26(27)21-31-28(32)30(20-23-10-4-2-5-11-23)22-29(31)18-16-25(17-19-29)24-12-6-3-7-13-24/h2-15,25H,16-22H2,1H3. The van der Waals surface area contributed by atoms with Gasteiger partial charge in [0.05, 0.1) is 19.2 Å². The fourth-order valence-corrected chi connectivity index (χ4v) is 5.69. The van der Waals surface area contributed by atoms with Crippen molar-refractivity contribution in [3.8, 4) is 5.75 Å². The number of urea groups is 1. The van der Waals surface area contributed by atoms with E-state index in [9.17, 15) is 4.79 Å². The molecular weight excluding hydrogens is 408 g/mol. The Balaban J connectivity index is 1.41. The van der Waals surface area contributed by atoms with Gasteiger partial charge in [-0.3, -0.25) is 0 Å². The van der Waals surface area contributed by atoms with Crippen LogP contribution < -0.4 is 4.74 Å². The number of carbonyl (C=O) groups is 1. The largest absolute Gasteiger partial charge is 0.496 e. The fraction of sp³-hybridized carbons (Fsp3) is 0.345. The summed E-state index contributed by atoms with van der Waals surface area (Å²) in [5.41, 5.74) is 3.55. The van der Waals surface area contributed by atoms with Crippen LogP contribution in [0.25, 0.3) is 0 Å². The van der Waals surface area contributed by atoms with Crippen molar-refractivity contribution < 1.29 is 9.53 Å². The minimum Gasteiger partial charge on any atom is -0.496 e. The number of nitrogens with zero attached hydrogens (tertiary/aromatic N) is 2. The zero-order chi connectivity index (χ0) is 22.7. The molecule has 4 nitrogen and oxygen atoms in total. The molecule has 1 saturated carbocycles. The molecular formula is C29H32N2O2. The van der Waals surface area contributed by atoms with Crippen molar-refractivity contribution >= 4 is 6.03 Å². The lowest BCUT2D eigenvalue weighted by molar-refractivity contribution is 0.106. The summed E-state index contributed by atoms with van der Waals surface area (Å²) in [5, 5.41) is 0. The number of ether oxygens (including phenoxy) is 1. The second-order valence-electron chi connectivity index (χ2n) is 9.43. The van der Waals surface area contributed by atoms with Gasteiger partial charge in [-0.1, -0.05) is 78.9 Å². The van der Waals surface area contributed by atoms with Gasteiger partial charge in [-0.15, -0.1) is 0 Å². The van der Waals surface area contributed by atoms with E-state index in [2.05, 4.69) is 53.4 Å². The maximum absolute atomic E-state index is 13.7. The van der Waals surface area contributed by atoms with Gasteiger partial charge >= 0.3 is 6.03 Å². The molecule has 1 spiro atoms. The second-order valence-corrected chi connectivity index (χ2v) is 9.43. The number of hydrogen-bond donors (Lipinski definition) is 0. The molecule has 170 valence electrons. The van der Waals surface area contributed by atoms with Crippen LogP contribution in [0.5, 0.6) is 5.75 Å². The molecule has 0 unspecified atom stereocenters. The average molecular weight is 441 g/mol. The van der Waals surface area contributed by atoms with E-state index < -0.39 is 0 Å². The summed E-state index contributed by atoms with van der Waals surface area (Å²) < 4.78 is 5.61. The number of benzene rings is 3. The number of para-hydroxylation sites is 1. The molecule has 3 aromatic carbocycles. The molecule has 1 heterocycles. The van der Waals surface area contributed by atoms with Crippen LogP contribution in [0.1, 0.15) is 48.3 Å². The van der Waals surface area contributed by atoms with Crippen LogP contribution in [0.15, 0.2) is 84.9 Å². The maximum atomic E-state index is 13.7. The highest BCUT2D eigenvalue weighted by atomic mass is 16.5. The van der Waals surface area contributed by atoms with Gasteiger partial charge in [0.15, 0.2) is 0 Å². The number of methoxy groups -OCH3 is 1. The van der Waals surface area contributed by atoms with E-state index in [-0.39, 0.29) is 11.6 Å². The second kappa shape index (κ2) is 9.30. The first-order valence-electron chi connectivity index (χ1n) is 12.0. The zero-order valence-electron chi connectivity index (χ0n) is 19.3. The smallest absolute Gasteiger partial charge is 0.321 e. The summed E-state index contributed by atoms with van der Waals surface area (Å²) in [6.45, 7) is 2.04. The Morgan fingerprint density at radius 3 is 2.18 bits per heavy atom. The van der Waals surface area contributed by atoms with E-state index in [1.165, 1.54) is 11.1 Å². The molecule has 0 radical (unpaired) electrons. The van der Waals surface area contributed by atoms with Crippen LogP contribution in [0.3, 0.4) is 0 Å². The van der Waals surface area contributed by atoms with Gasteiger partial charge in [0.1, 0.15) is 5.75 Å². The van der Waals surface area contributed by atoms with Crippen molar-refractivity contribution in [1.29, 1.82) is 0 Å². The maximum Gasteiger partial charge on any atom is 0.321 e. The van der Waals surface area contributed by atoms with E-state index >= 15 is 0 Å². The quantitative estimate of drug-likeness (QED) is 0.455. The number of hydrogen-bond acceptors (Lipinski definition) is 2. The average Bonchev–Trinajstić information content (AvgIpc) is 3.11. The molecule has 2 amide bonds. The van der Waals surface area contributed by atoms with Crippen LogP contribution in [-0.2, 0) is 13.1 Å². The van der Waals surface area contributed by atoms with Gasteiger partial charge in [-0.05, 0) is 48.8 Å². The molecule has 3 aromatic rings. The van der Waals surface area contributed by atoms with Gasteiger partial charge in [-0.25, -0.2) is 4.79 Å². The molecule has 2 fully saturated rings. The first-order chi connectivity index (χ1) is 16.2. The van der Waals surface area contributed by atoms with Crippen molar-refractivity contribution in [2.24, 2.45) is 0 Å². The summed E-state index contributed by atoms with van der Waals surface area (Å²) >= 11 is 0. The van der Waals surface area contributed by atoms with Gasteiger partial charge in [0.25, 0.3) is 0 Å². The Morgan fingerprint density at radius 1 is 0.848 bits per heavy atom. The van der Waals surface area contributed by atoms with Crippen molar-refractivity contribution in [2.75, 3.05) is 13.7 Å². The van der Waals surface area contributed by atoms with E-state index in [0.717, 1.165) is 43.5 Å². The van der Waals surface area contributed by atoms with Crippen LogP contribution in [0.4, 0.5) is 4.79 Å². The molecule has 5 rings (SSSR count). The third kappa shape index (κ3) is 4.35. The lowest BCUT2D eigenvalue weighted by Crippen LogP contribution is -2.48. The van der Waals surface area contributed by atoms with Gasteiger partial charge < -0.3 is 14.5 Å². The Hall–Kier alpha value is -3.27. The van der Waals surface area contributed by atoms with Crippen molar-refractivity contribution in [1.82, 2.24) is 9.80 Å². The molecule has 0 aromatic heterocycles. The predicted octanol–water partition coefficient (Wildman–Crippen LogP) is 6.23. The normalized spacial score (nSPS) is 22.7. The Labute approximate surface area is 196 Å². The van der Waals surface area contributed by atoms with Crippen LogP contribution in [-0.4, -0.2) is 35.0 Å². The first-order valence-corrected chi connectivity index (χ1v) is 12.0. The topological polar surface area (TPSA) is 32.8 Å². The summed E-state index contributed by atoms with van der Waals surface area (Å²) in [7, 11) is 1.70. The highest BCUT2D eigenvalue weighted by Gasteiger charge is 2.51.